The molecular weight excluding hydrogens is 356 g/mol. The summed E-state index contributed by atoms with van der Waals surface area (Å²) in [5.41, 5.74) is 0.514. The molecule has 1 aliphatic heterocycles. The molecule has 140 valence electrons. The van der Waals surface area contributed by atoms with Crippen LogP contribution in [0.5, 0.6) is 11.5 Å². The Hall–Kier alpha value is -3.69. The van der Waals surface area contributed by atoms with Gasteiger partial charge in [-0.3, -0.25) is 14.5 Å². The summed E-state index contributed by atoms with van der Waals surface area (Å²) < 4.78 is 10.3. The number of ether oxygens (including phenoxy) is 2. The number of amides is 2. The van der Waals surface area contributed by atoms with E-state index in [0.29, 0.717) is 11.4 Å². The van der Waals surface area contributed by atoms with Crippen molar-refractivity contribution in [2.75, 3.05) is 23.9 Å². The van der Waals surface area contributed by atoms with Crippen molar-refractivity contribution < 1.29 is 24.0 Å². The number of hydrogen-bond donors (Lipinski definition) is 1. The summed E-state index contributed by atoms with van der Waals surface area (Å²) >= 11 is 0. The predicted molar refractivity (Wildman–Crippen MR) is 95.0 cm³/mol. The number of nitrogens with zero attached hydrogens (tertiary/aromatic N) is 3. The molecule has 1 N–H and O–H groups in total. The van der Waals surface area contributed by atoms with E-state index in [1.165, 1.54) is 26.2 Å². The zero-order valence-electron chi connectivity index (χ0n) is 14.5. The molecule has 1 atom stereocenters. The number of hydrogen-bond acceptors (Lipinski definition) is 7. The number of fused-ring (bicyclic) bond motifs is 1. The molecule has 2 aromatic rings. The molecule has 0 spiro atoms. The van der Waals surface area contributed by atoms with Crippen LogP contribution in [0.1, 0.15) is 6.92 Å². The first-order valence-corrected chi connectivity index (χ1v) is 7.96. The molecule has 0 radical (unpaired) electrons. The Morgan fingerprint density at radius 3 is 2.67 bits per heavy atom. The first kappa shape index (κ1) is 18.1. The Kier molecular flexibility index (Phi) is 4.88. The van der Waals surface area contributed by atoms with Crippen LogP contribution in [-0.2, 0) is 9.59 Å². The zero-order chi connectivity index (χ0) is 19.6. The summed E-state index contributed by atoms with van der Waals surface area (Å²) in [6, 6.07) is 8.24. The van der Waals surface area contributed by atoms with Gasteiger partial charge in [0.2, 0.25) is 5.91 Å². The minimum Gasteiger partial charge on any atom is -0.497 e. The quantitative estimate of drug-likeness (QED) is 0.626. The van der Waals surface area contributed by atoms with E-state index in [1.54, 1.807) is 24.3 Å². The molecule has 1 aliphatic rings. The van der Waals surface area contributed by atoms with E-state index in [4.69, 9.17) is 9.47 Å². The van der Waals surface area contributed by atoms with Crippen molar-refractivity contribution >= 4 is 29.1 Å². The Labute approximate surface area is 153 Å². The summed E-state index contributed by atoms with van der Waals surface area (Å²) in [5, 5.41) is 13.7. The summed E-state index contributed by atoms with van der Waals surface area (Å²) in [6.45, 7) is 1.22. The number of nitro groups is 1. The third-order valence-electron chi connectivity index (χ3n) is 3.98. The maximum absolute atomic E-state index is 12.6. The molecule has 0 aliphatic carbocycles. The lowest BCUT2D eigenvalue weighted by atomic mass is 10.2. The summed E-state index contributed by atoms with van der Waals surface area (Å²) in [5.74, 6) is -0.667. The average Bonchev–Trinajstić information content (AvgIpc) is 2.67. The lowest BCUT2D eigenvalue weighted by Gasteiger charge is -2.29. The highest BCUT2D eigenvalue weighted by atomic mass is 16.6. The van der Waals surface area contributed by atoms with Crippen LogP contribution in [0.4, 0.5) is 17.3 Å². The number of aromatic nitrogens is 1. The molecule has 0 bridgehead atoms. The van der Waals surface area contributed by atoms with Crippen molar-refractivity contribution in [3.63, 3.8) is 0 Å². The summed E-state index contributed by atoms with van der Waals surface area (Å²) in [4.78, 5) is 40.2. The van der Waals surface area contributed by atoms with Crippen LogP contribution in [0.3, 0.4) is 0 Å². The molecule has 10 nitrogen and oxygen atoms in total. The second-order valence-corrected chi connectivity index (χ2v) is 5.69. The highest BCUT2D eigenvalue weighted by Gasteiger charge is 2.38. The lowest BCUT2D eigenvalue weighted by Crippen LogP contribution is -2.50. The number of carbonyl (C=O) groups is 2. The molecule has 2 amide bonds. The van der Waals surface area contributed by atoms with Crippen molar-refractivity contribution in [1.29, 1.82) is 0 Å². The Bertz CT molecular complexity index is 899. The standard InChI is InChI=1S/C17H16N4O6/c1-10(17(23)18-11-3-5-12(26-2)6-4-11)20-15(22)9-27-13-7-8-14(21(24)25)19-16(13)20/h3-8,10H,9H2,1-2H3,(H,18,23). The van der Waals surface area contributed by atoms with E-state index in [2.05, 4.69) is 10.3 Å². The van der Waals surface area contributed by atoms with E-state index in [-0.39, 0.29) is 18.2 Å². The van der Waals surface area contributed by atoms with Gasteiger partial charge in [0.05, 0.1) is 7.11 Å². The number of benzene rings is 1. The van der Waals surface area contributed by atoms with E-state index in [9.17, 15) is 19.7 Å². The minimum atomic E-state index is -0.961. The number of pyridine rings is 1. The maximum atomic E-state index is 12.6. The van der Waals surface area contributed by atoms with Gasteiger partial charge in [0.15, 0.2) is 12.4 Å². The third-order valence-corrected chi connectivity index (χ3v) is 3.98. The van der Waals surface area contributed by atoms with Gasteiger partial charge in [0.1, 0.15) is 11.8 Å². The summed E-state index contributed by atoms with van der Waals surface area (Å²) in [7, 11) is 1.53. The van der Waals surface area contributed by atoms with Gasteiger partial charge in [-0.1, -0.05) is 0 Å². The van der Waals surface area contributed by atoms with E-state index >= 15 is 0 Å². The van der Waals surface area contributed by atoms with Crippen LogP contribution in [0.2, 0.25) is 0 Å². The molecule has 1 unspecified atom stereocenters. The van der Waals surface area contributed by atoms with Crippen molar-refractivity contribution in [2.24, 2.45) is 0 Å². The molecule has 0 saturated carbocycles. The second kappa shape index (κ2) is 7.28. The Morgan fingerprint density at radius 2 is 2.04 bits per heavy atom. The van der Waals surface area contributed by atoms with Gasteiger partial charge >= 0.3 is 5.82 Å². The predicted octanol–water partition coefficient (Wildman–Crippen LogP) is 1.75. The fraction of sp³-hybridized carbons (Fsp3) is 0.235. The van der Waals surface area contributed by atoms with Crippen molar-refractivity contribution in [3.8, 4) is 11.5 Å². The number of methoxy groups -OCH3 is 1. The fourth-order valence-electron chi connectivity index (χ4n) is 2.58. The topological polar surface area (TPSA) is 124 Å². The number of nitrogens with one attached hydrogen (secondary N) is 1. The number of anilines is 2. The smallest absolute Gasteiger partial charge is 0.366 e. The highest BCUT2D eigenvalue weighted by molar-refractivity contribution is 6.06. The van der Waals surface area contributed by atoms with Gasteiger partial charge in [-0.25, -0.2) is 0 Å². The Morgan fingerprint density at radius 1 is 1.33 bits per heavy atom. The molecule has 27 heavy (non-hydrogen) atoms. The van der Waals surface area contributed by atoms with Crippen molar-refractivity contribution in [3.05, 3.63) is 46.5 Å². The van der Waals surface area contributed by atoms with Gasteiger partial charge in [0.25, 0.3) is 11.7 Å². The van der Waals surface area contributed by atoms with Crippen LogP contribution in [0.15, 0.2) is 36.4 Å². The Balaban J connectivity index is 1.85. The summed E-state index contributed by atoms with van der Waals surface area (Å²) in [6.07, 6.45) is 0. The van der Waals surface area contributed by atoms with Crippen LogP contribution >= 0.6 is 0 Å². The fourth-order valence-corrected chi connectivity index (χ4v) is 2.58. The highest BCUT2D eigenvalue weighted by Crippen LogP contribution is 2.33. The van der Waals surface area contributed by atoms with Crippen LogP contribution in [0, 0.1) is 10.1 Å². The maximum Gasteiger partial charge on any atom is 0.366 e. The molecule has 2 heterocycles. The second-order valence-electron chi connectivity index (χ2n) is 5.69. The van der Waals surface area contributed by atoms with Gasteiger partial charge in [-0.2, -0.15) is 0 Å². The van der Waals surface area contributed by atoms with E-state index < -0.39 is 28.6 Å². The normalized spacial score (nSPS) is 14.0. The largest absolute Gasteiger partial charge is 0.497 e. The minimum absolute atomic E-state index is 0.0576. The average molecular weight is 372 g/mol. The van der Waals surface area contributed by atoms with Crippen LogP contribution < -0.4 is 19.7 Å². The number of carbonyl (C=O) groups excluding carboxylic acids is 2. The van der Waals surface area contributed by atoms with Crippen molar-refractivity contribution in [2.45, 2.75) is 13.0 Å². The SMILES string of the molecule is COc1ccc(NC(=O)C(C)N2C(=O)COc3ccc([N+](=O)[O-])nc32)cc1. The van der Waals surface area contributed by atoms with Gasteiger partial charge in [0, 0.05) is 11.8 Å². The lowest BCUT2D eigenvalue weighted by molar-refractivity contribution is -0.389. The number of rotatable bonds is 5. The molecule has 3 rings (SSSR count). The first-order valence-electron chi connectivity index (χ1n) is 7.96. The van der Waals surface area contributed by atoms with E-state index in [1.807, 2.05) is 0 Å². The van der Waals surface area contributed by atoms with Crippen LogP contribution in [0.25, 0.3) is 0 Å². The van der Waals surface area contributed by atoms with Crippen LogP contribution in [-0.4, -0.2) is 41.5 Å². The van der Waals surface area contributed by atoms with Gasteiger partial charge in [-0.15, -0.1) is 0 Å². The van der Waals surface area contributed by atoms with Gasteiger partial charge in [-0.05, 0) is 47.2 Å². The molecule has 10 heteroatoms. The molecular formula is C17H16N4O6. The van der Waals surface area contributed by atoms with Crippen molar-refractivity contribution in [1.82, 2.24) is 4.98 Å². The molecule has 0 saturated heterocycles. The van der Waals surface area contributed by atoms with Gasteiger partial charge < -0.3 is 24.9 Å². The molecule has 1 aromatic heterocycles. The molecule has 0 fully saturated rings. The molecule has 1 aromatic carbocycles. The zero-order valence-corrected chi connectivity index (χ0v) is 14.5. The monoisotopic (exact) mass is 372 g/mol. The third kappa shape index (κ3) is 3.64. The van der Waals surface area contributed by atoms with E-state index in [0.717, 1.165) is 4.90 Å². The first-order chi connectivity index (χ1) is 12.9.